The Kier molecular flexibility index (Phi) is 16.5. The van der Waals surface area contributed by atoms with E-state index in [9.17, 15) is 40.5 Å². The van der Waals surface area contributed by atoms with Gasteiger partial charge < -0.3 is 0 Å². The summed E-state index contributed by atoms with van der Waals surface area (Å²) in [6, 6.07) is 31.7. The number of para-hydroxylation sites is 4. The summed E-state index contributed by atoms with van der Waals surface area (Å²) in [4.78, 5) is 38.4. The average Bonchev–Trinajstić information content (AvgIpc) is 2.97. The van der Waals surface area contributed by atoms with Crippen molar-refractivity contribution in [3.05, 3.63) is 175 Å². The van der Waals surface area contributed by atoms with Gasteiger partial charge in [-0.05, 0) is 0 Å². The van der Waals surface area contributed by atoms with Crippen molar-refractivity contribution in [2.75, 3.05) is 0 Å². The maximum absolute atomic E-state index is 10.0. The first-order chi connectivity index (χ1) is 18.2. The third-order valence-electron chi connectivity index (χ3n) is 3.87. The number of nitro groups is 4. The van der Waals surface area contributed by atoms with Gasteiger partial charge in [-0.2, -0.15) is 0 Å². The molecule has 4 rings (SSSR count). The molecule has 12 nitrogen and oxygen atoms in total. The SMILES string of the molecule is C=C.O=[N+]([O-])c1ccccc1.O=[N+]([O-])c1ccccc1.O=[N+]([O-])c1ccccc1.O=[N+]([O-])c1ccccc1. The van der Waals surface area contributed by atoms with Gasteiger partial charge in [0.05, 0.1) is 19.7 Å². The van der Waals surface area contributed by atoms with Crippen LogP contribution >= 0.6 is 0 Å². The van der Waals surface area contributed by atoms with Crippen LogP contribution in [-0.2, 0) is 0 Å². The quantitative estimate of drug-likeness (QED) is 0.154. The van der Waals surface area contributed by atoms with Crippen molar-refractivity contribution < 1.29 is 19.7 Å². The lowest BCUT2D eigenvalue weighted by atomic mass is 10.3. The number of benzene rings is 4. The smallest absolute Gasteiger partial charge is 0.258 e. The summed E-state index contributed by atoms with van der Waals surface area (Å²) in [7, 11) is 0. The highest BCUT2D eigenvalue weighted by Gasteiger charge is 2.00. The predicted molar refractivity (Wildman–Crippen MR) is 144 cm³/mol. The molecule has 0 saturated carbocycles. The fraction of sp³-hybridized carbons (Fsp3) is 0. The lowest BCUT2D eigenvalue weighted by molar-refractivity contribution is -0.385. The summed E-state index contributed by atoms with van der Waals surface area (Å²) >= 11 is 0. The molecule has 12 heteroatoms. The first-order valence-electron chi connectivity index (χ1n) is 10.5. The van der Waals surface area contributed by atoms with Crippen molar-refractivity contribution in [3.63, 3.8) is 0 Å². The minimum absolute atomic E-state index is 0.137. The van der Waals surface area contributed by atoms with Crippen LogP contribution in [0.15, 0.2) is 134 Å². The molecular formula is C26H24N4O8. The van der Waals surface area contributed by atoms with Crippen LogP contribution in [0.3, 0.4) is 0 Å². The van der Waals surface area contributed by atoms with Crippen LogP contribution in [0.5, 0.6) is 0 Å². The van der Waals surface area contributed by atoms with E-state index >= 15 is 0 Å². The number of hydrogen-bond donors (Lipinski definition) is 0. The molecule has 0 bridgehead atoms. The van der Waals surface area contributed by atoms with Crippen LogP contribution in [0, 0.1) is 40.5 Å². The van der Waals surface area contributed by atoms with Crippen LogP contribution < -0.4 is 0 Å². The molecule has 0 saturated heterocycles. The Balaban J connectivity index is 0.000000470. The van der Waals surface area contributed by atoms with Gasteiger partial charge in [0, 0.05) is 48.5 Å². The van der Waals surface area contributed by atoms with Gasteiger partial charge in [0.1, 0.15) is 0 Å². The van der Waals surface area contributed by atoms with Gasteiger partial charge >= 0.3 is 0 Å². The van der Waals surface area contributed by atoms with Gasteiger partial charge in [0.2, 0.25) is 0 Å². The molecule has 0 radical (unpaired) electrons. The molecule has 0 aliphatic heterocycles. The molecule has 0 aliphatic rings. The number of non-ortho nitro benzene ring substituents is 4. The third kappa shape index (κ3) is 14.5. The predicted octanol–water partition coefficient (Wildman–Crippen LogP) is 7.18. The Morgan fingerprint density at radius 3 is 0.553 bits per heavy atom. The highest BCUT2D eigenvalue weighted by Crippen LogP contribution is 2.09. The van der Waals surface area contributed by atoms with Crippen LogP contribution in [0.1, 0.15) is 0 Å². The van der Waals surface area contributed by atoms with E-state index in [0.29, 0.717) is 0 Å². The van der Waals surface area contributed by atoms with Gasteiger partial charge in [-0.25, -0.2) is 0 Å². The molecule has 0 unspecified atom stereocenters. The van der Waals surface area contributed by atoms with Crippen LogP contribution in [-0.4, -0.2) is 19.7 Å². The zero-order valence-electron chi connectivity index (χ0n) is 20.0. The fourth-order valence-corrected chi connectivity index (χ4v) is 2.20. The summed E-state index contributed by atoms with van der Waals surface area (Å²) in [6.45, 7) is 6.00. The van der Waals surface area contributed by atoms with Crippen molar-refractivity contribution in [2.45, 2.75) is 0 Å². The molecule has 38 heavy (non-hydrogen) atoms. The lowest BCUT2D eigenvalue weighted by Crippen LogP contribution is -1.84. The average molecular weight is 520 g/mol. The molecule has 0 spiro atoms. The Bertz CT molecular complexity index is 1050. The number of rotatable bonds is 4. The molecular weight excluding hydrogens is 496 g/mol. The molecule has 4 aromatic carbocycles. The van der Waals surface area contributed by atoms with Crippen molar-refractivity contribution in [2.24, 2.45) is 0 Å². The molecule has 0 heterocycles. The van der Waals surface area contributed by atoms with E-state index in [1.807, 2.05) is 0 Å². The molecule has 0 fully saturated rings. The zero-order valence-corrected chi connectivity index (χ0v) is 20.0. The van der Waals surface area contributed by atoms with Crippen LogP contribution in [0.25, 0.3) is 0 Å². The highest BCUT2D eigenvalue weighted by atomic mass is 16.6. The highest BCUT2D eigenvalue weighted by molar-refractivity contribution is 5.29. The second kappa shape index (κ2) is 19.5. The largest absolute Gasteiger partial charge is 0.269 e. The van der Waals surface area contributed by atoms with Crippen molar-refractivity contribution in [1.29, 1.82) is 0 Å². The van der Waals surface area contributed by atoms with Gasteiger partial charge in [0.25, 0.3) is 22.7 Å². The maximum Gasteiger partial charge on any atom is 0.269 e. The fourth-order valence-electron chi connectivity index (χ4n) is 2.20. The lowest BCUT2D eigenvalue weighted by Gasteiger charge is -1.85. The van der Waals surface area contributed by atoms with Gasteiger partial charge in [-0.15, -0.1) is 13.2 Å². The summed E-state index contributed by atoms with van der Waals surface area (Å²) in [5, 5.41) is 40.0. The minimum Gasteiger partial charge on any atom is -0.258 e. The van der Waals surface area contributed by atoms with E-state index in [1.54, 1.807) is 72.8 Å². The molecule has 0 aromatic heterocycles. The van der Waals surface area contributed by atoms with Gasteiger partial charge in [-0.3, -0.25) is 40.5 Å². The van der Waals surface area contributed by atoms with E-state index in [4.69, 9.17) is 0 Å². The summed E-state index contributed by atoms with van der Waals surface area (Å²) in [5.41, 5.74) is 0.546. The summed E-state index contributed by atoms with van der Waals surface area (Å²) in [5.74, 6) is 0. The number of nitrogens with zero attached hydrogens (tertiary/aromatic N) is 4. The Morgan fingerprint density at radius 2 is 0.474 bits per heavy atom. The van der Waals surface area contributed by atoms with Crippen molar-refractivity contribution in [1.82, 2.24) is 0 Å². The standard InChI is InChI=1S/4C6H5NO2.C2H4/c4*8-7(9)6-4-2-1-3-5-6;1-2/h4*1-5H;1-2H2. The van der Waals surface area contributed by atoms with Crippen LogP contribution in [0.4, 0.5) is 22.7 Å². The van der Waals surface area contributed by atoms with E-state index < -0.39 is 19.7 Å². The normalized spacial score (nSPS) is 8.53. The maximum atomic E-state index is 10.0. The molecule has 0 amide bonds. The molecule has 0 N–H and O–H groups in total. The summed E-state index contributed by atoms with van der Waals surface area (Å²) in [6.07, 6.45) is 0. The summed E-state index contributed by atoms with van der Waals surface area (Å²) < 4.78 is 0. The first kappa shape index (κ1) is 32.2. The Hall–Kier alpha value is -5.78. The van der Waals surface area contributed by atoms with E-state index in [2.05, 4.69) is 13.2 Å². The zero-order chi connectivity index (χ0) is 28.8. The monoisotopic (exact) mass is 520 g/mol. The van der Waals surface area contributed by atoms with E-state index in [-0.39, 0.29) is 22.7 Å². The third-order valence-corrected chi connectivity index (χ3v) is 3.87. The van der Waals surface area contributed by atoms with E-state index in [1.165, 1.54) is 48.5 Å². The Morgan fingerprint density at radius 1 is 0.342 bits per heavy atom. The molecule has 0 aliphatic carbocycles. The topological polar surface area (TPSA) is 173 Å². The van der Waals surface area contributed by atoms with E-state index in [0.717, 1.165) is 0 Å². The second-order valence-corrected chi connectivity index (χ2v) is 6.37. The van der Waals surface area contributed by atoms with Gasteiger partial charge in [0.15, 0.2) is 0 Å². The number of hydrogen-bond acceptors (Lipinski definition) is 8. The Labute approximate surface area is 217 Å². The minimum atomic E-state index is -0.417. The molecule has 4 aromatic rings. The van der Waals surface area contributed by atoms with Crippen molar-refractivity contribution in [3.8, 4) is 0 Å². The molecule has 0 atom stereocenters. The molecule has 196 valence electrons. The number of nitro benzene ring substituents is 4. The van der Waals surface area contributed by atoms with Crippen LogP contribution in [0.2, 0.25) is 0 Å². The van der Waals surface area contributed by atoms with Crippen molar-refractivity contribution >= 4 is 22.7 Å². The second-order valence-electron chi connectivity index (χ2n) is 6.37. The first-order valence-corrected chi connectivity index (χ1v) is 10.5. The van der Waals surface area contributed by atoms with Gasteiger partial charge in [-0.1, -0.05) is 72.8 Å².